The molecule has 1 heterocycles. The molecule has 1 aromatic rings. The Kier molecular flexibility index (Phi) is 6.51. The Morgan fingerprint density at radius 1 is 1.22 bits per heavy atom. The van der Waals surface area contributed by atoms with Crippen LogP contribution >= 0.6 is 0 Å². The third-order valence-electron chi connectivity index (χ3n) is 6.11. The second kappa shape index (κ2) is 8.86. The summed E-state index contributed by atoms with van der Waals surface area (Å²) >= 11 is 0. The van der Waals surface area contributed by atoms with E-state index in [9.17, 15) is 10.1 Å². The maximum absolute atomic E-state index is 12.8. The summed E-state index contributed by atoms with van der Waals surface area (Å²) in [6, 6.07) is 10.9. The number of nitrogens with one attached hydrogen (secondary N) is 1. The SMILES string of the molecule is Cc1cccc(CN2CCN([C@@H](C)C(=O)NC3(C#N)CCCCC3)CC2)c1. The van der Waals surface area contributed by atoms with Gasteiger partial charge in [-0.3, -0.25) is 14.6 Å². The molecule has 1 aliphatic heterocycles. The summed E-state index contributed by atoms with van der Waals surface area (Å²) in [6.07, 6.45) is 4.79. The van der Waals surface area contributed by atoms with E-state index in [-0.39, 0.29) is 11.9 Å². The highest BCUT2D eigenvalue weighted by atomic mass is 16.2. The maximum atomic E-state index is 12.8. The molecule has 0 aromatic heterocycles. The Hall–Kier alpha value is -1.90. The largest absolute Gasteiger partial charge is 0.336 e. The smallest absolute Gasteiger partial charge is 0.238 e. The van der Waals surface area contributed by atoms with E-state index in [1.165, 1.54) is 11.1 Å². The van der Waals surface area contributed by atoms with Crippen molar-refractivity contribution in [3.05, 3.63) is 35.4 Å². The van der Waals surface area contributed by atoms with E-state index in [4.69, 9.17) is 0 Å². The first-order valence-electron chi connectivity index (χ1n) is 10.3. The van der Waals surface area contributed by atoms with Gasteiger partial charge >= 0.3 is 0 Å². The Morgan fingerprint density at radius 3 is 2.56 bits per heavy atom. The number of rotatable bonds is 5. The van der Waals surface area contributed by atoms with Crippen LogP contribution in [-0.4, -0.2) is 53.5 Å². The van der Waals surface area contributed by atoms with Crippen molar-refractivity contribution in [2.45, 2.75) is 64.1 Å². The molecule has 5 nitrogen and oxygen atoms in total. The van der Waals surface area contributed by atoms with Crippen molar-refractivity contribution < 1.29 is 4.79 Å². The lowest BCUT2D eigenvalue weighted by Crippen LogP contribution is -2.58. The normalized spacial score (nSPS) is 22.0. The van der Waals surface area contributed by atoms with Crippen LogP contribution in [0.25, 0.3) is 0 Å². The van der Waals surface area contributed by atoms with Gasteiger partial charge in [-0.2, -0.15) is 5.26 Å². The molecule has 1 saturated carbocycles. The van der Waals surface area contributed by atoms with E-state index in [1.807, 2.05) is 6.92 Å². The van der Waals surface area contributed by atoms with Gasteiger partial charge < -0.3 is 5.32 Å². The van der Waals surface area contributed by atoms with E-state index in [0.717, 1.165) is 64.8 Å². The fourth-order valence-electron chi connectivity index (χ4n) is 4.30. The fourth-order valence-corrected chi connectivity index (χ4v) is 4.30. The van der Waals surface area contributed by atoms with E-state index < -0.39 is 5.54 Å². The summed E-state index contributed by atoms with van der Waals surface area (Å²) in [5.74, 6) is 0.00517. The topological polar surface area (TPSA) is 59.4 Å². The summed E-state index contributed by atoms with van der Waals surface area (Å²) in [7, 11) is 0. The summed E-state index contributed by atoms with van der Waals surface area (Å²) in [5.41, 5.74) is 2.00. The van der Waals surface area contributed by atoms with E-state index in [1.54, 1.807) is 0 Å². The van der Waals surface area contributed by atoms with Crippen LogP contribution in [-0.2, 0) is 11.3 Å². The number of amides is 1. The van der Waals surface area contributed by atoms with Crippen LogP contribution in [0.1, 0.15) is 50.2 Å². The van der Waals surface area contributed by atoms with Crippen molar-refractivity contribution in [1.29, 1.82) is 5.26 Å². The van der Waals surface area contributed by atoms with E-state index in [0.29, 0.717) is 0 Å². The Morgan fingerprint density at radius 2 is 1.93 bits per heavy atom. The van der Waals surface area contributed by atoms with Crippen LogP contribution in [0.2, 0.25) is 0 Å². The van der Waals surface area contributed by atoms with Crippen molar-refractivity contribution in [2.75, 3.05) is 26.2 Å². The van der Waals surface area contributed by atoms with Crippen molar-refractivity contribution in [2.24, 2.45) is 0 Å². The van der Waals surface area contributed by atoms with Crippen LogP contribution in [0, 0.1) is 18.3 Å². The van der Waals surface area contributed by atoms with Gasteiger partial charge in [0.1, 0.15) is 5.54 Å². The number of nitrogens with zero attached hydrogens (tertiary/aromatic N) is 3. The van der Waals surface area contributed by atoms with E-state index in [2.05, 4.69) is 52.4 Å². The highest BCUT2D eigenvalue weighted by Crippen LogP contribution is 2.27. The number of hydrogen-bond acceptors (Lipinski definition) is 4. The maximum Gasteiger partial charge on any atom is 0.238 e. The predicted octanol–water partition coefficient (Wildman–Crippen LogP) is 2.84. The summed E-state index contributed by atoms with van der Waals surface area (Å²) in [5, 5.41) is 12.7. The zero-order chi connectivity index (χ0) is 19.3. The Bertz CT molecular complexity index is 682. The van der Waals surface area contributed by atoms with Crippen molar-refractivity contribution in [1.82, 2.24) is 15.1 Å². The number of aryl methyl sites for hydroxylation is 1. The Labute approximate surface area is 163 Å². The van der Waals surface area contributed by atoms with Crippen molar-refractivity contribution in [3.63, 3.8) is 0 Å². The van der Waals surface area contributed by atoms with Crippen LogP contribution in [0.15, 0.2) is 24.3 Å². The average molecular weight is 369 g/mol. The number of piperazine rings is 1. The number of benzene rings is 1. The lowest BCUT2D eigenvalue weighted by atomic mass is 9.82. The van der Waals surface area contributed by atoms with Crippen molar-refractivity contribution >= 4 is 5.91 Å². The molecule has 0 radical (unpaired) electrons. The minimum atomic E-state index is -0.642. The molecule has 2 aliphatic rings. The zero-order valence-electron chi connectivity index (χ0n) is 16.7. The first kappa shape index (κ1) is 19.9. The van der Waals surface area contributed by atoms with Crippen LogP contribution in [0.4, 0.5) is 0 Å². The number of carbonyl (C=O) groups excluding carboxylic acids is 1. The van der Waals surface area contributed by atoms with Crippen LogP contribution in [0.5, 0.6) is 0 Å². The predicted molar refractivity (Wildman–Crippen MR) is 107 cm³/mol. The molecule has 0 bridgehead atoms. The van der Waals surface area contributed by atoms with Crippen LogP contribution in [0.3, 0.4) is 0 Å². The summed E-state index contributed by atoms with van der Waals surface area (Å²) < 4.78 is 0. The van der Waals surface area contributed by atoms with Gasteiger partial charge in [0.05, 0.1) is 12.1 Å². The van der Waals surface area contributed by atoms with Crippen LogP contribution < -0.4 is 5.32 Å². The first-order valence-corrected chi connectivity index (χ1v) is 10.3. The van der Waals surface area contributed by atoms with Gasteiger partial charge in [0.2, 0.25) is 5.91 Å². The van der Waals surface area contributed by atoms with Gasteiger partial charge in [-0.25, -0.2) is 0 Å². The molecule has 27 heavy (non-hydrogen) atoms. The first-order chi connectivity index (χ1) is 13.0. The van der Waals surface area contributed by atoms with Crippen molar-refractivity contribution in [3.8, 4) is 6.07 Å². The standard InChI is InChI=1S/C22H32N4O/c1-18-7-6-8-20(15-18)16-25-11-13-26(14-12-25)19(2)21(27)24-22(17-23)9-4-3-5-10-22/h6-8,15,19H,3-5,9-14,16H2,1-2H3,(H,24,27)/t19-/m0/s1. The summed E-state index contributed by atoms with van der Waals surface area (Å²) in [6.45, 7) is 8.78. The minimum absolute atomic E-state index is 0.00517. The molecule has 1 aliphatic carbocycles. The molecule has 146 valence electrons. The van der Waals surface area contributed by atoms with Gasteiger partial charge in [-0.1, -0.05) is 49.1 Å². The fraction of sp³-hybridized carbons (Fsp3) is 0.636. The monoisotopic (exact) mass is 368 g/mol. The molecule has 5 heteroatoms. The molecule has 1 aromatic carbocycles. The second-order valence-electron chi connectivity index (χ2n) is 8.22. The molecule has 1 N–H and O–H groups in total. The molecule has 3 rings (SSSR count). The minimum Gasteiger partial charge on any atom is -0.336 e. The number of nitriles is 1. The lowest BCUT2D eigenvalue weighted by Gasteiger charge is -2.39. The second-order valence-corrected chi connectivity index (χ2v) is 8.22. The lowest BCUT2D eigenvalue weighted by molar-refractivity contribution is -0.128. The Balaban J connectivity index is 1.49. The van der Waals surface area contributed by atoms with Gasteiger partial charge in [0, 0.05) is 32.7 Å². The molecule has 2 fully saturated rings. The third-order valence-corrected chi connectivity index (χ3v) is 6.11. The highest BCUT2D eigenvalue weighted by Gasteiger charge is 2.36. The quantitative estimate of drug-likeness (QED) is 0.868. The summed E-state index contributed by atoms with van der Waals surface area (Å²) in [4.78, 5) is 17.5. The molecule has 0 spiro atoms. The van der Waals surface area contributed by atoms with E-state index >= 15 is 0 Å². The average Bonchev–Trinajstić information content (AvgIpc) is 2.69. The van der Waals surface area contributed by atoms with Gasteiger partial charge in [0.15, 0.2) is 0 Å². The number of carbonyl (C=O) groups is 1. The van der Waals surface area contributed by atoms with Gasteiger partial charge in [-0.05, 0) is 32.3 Å². The number of hydrogen-bond donors (Lipinski definition) is 1. The van der Waals surface area contributed by atoms with Gasteiger partial charge in [0.25, 0.3) is 0 Å². The molecule has 1 saturated heterocycles. The highest BCUT2D eigenvalue weighted by molar-refractivity contribution is 5.82. The molecule has 1 amide bonds. The molecular formula is C22H32N4O. The third kappa shape index (κ3) is 5.09. The van der Waals surface area contributed by atoms with Gasteiger partial charge in [-0.15, -0.1) is 0 Å². The molecular weight excluding hydrogens is 336 g/mol. The molecule has 0 unspecified atom stereocenters. The molecule has 1 atom stereocenters. The zero-order valence-corrected chi connectivity index (χ0v) is 16.7.